The third-order valence-corrected chi connectivity index (χ3v) is 4.59. The number of aromatic nitrogens is 2. The van der Waals surface area contributed by atoms with Gasteiger partial charge in [-0.1, -0.05) is 41.1 Å². The maximum Gasteiger partial charge on any atom is 0.277 e. The maximum absolute atomic E-state index is 13.6. The first-order chi connectivity index (χ1) is 12.4. The molecule has 26 heavy (non-hydrogen) atoms. The van der Waals surface area contributed by atoms with Gasteiger partial charge in [0.05, 0.1) is 10.9 Å². The van der Waals surface area contributed by atoms with Gasteiger partial charge >= 0.3 is 0 Å². The highest BCUT2D eigenvalue weighted by molar-refractivity contribution is 8.00. The van der Waals surface area contributed by atoms with Crippen LogP contribution in [0.2, 0.25) is 0 Å². The summed E-state index contributed by atoms with van der Waals surface area (Å²) in [6.07, 6.45) is 0. The fourth-order valence-electron chi connectivity index (χ4n) is 2.47. The number of thioether (sulfide) groups is 1. The van der Waals surface area contributed by atoms with Crippen LogP contribution in [-0.2, 0) is 4.79 Å². The zero-order chi connectivity index (χ0) is 18.7. The van der Waals surface area contributed by atoms with Gasteiger partial charge in [-0.15, -0.1) is 10.2 Å². The lowest BCUT2D eigenvalue weighted by atomic mass is 10.1. The molecule has 3 rings (SSSR count). The van der Waals surface area contributed by atoms with Crippen molar-refractivity contribution in [2.24, 2.45) is 0 Å². The van der Waals surface area contributed by atoms with Gasteiger partial charge in [0.25, 0.3) is 5.22 Å². The Balaban J connectivity index is 1.68. The summed E-state index contributed by atoms with van der Waals surface area (Å²) in [6.45, 7) is 5.69. The van der Waals surface area contributed by atoms with E-state index < -0.39 is 11.1 Å². The van der Waals surface area contributed by atoms with Crippen molar-refractivity contribution in [1.82, 2.24) is 10.2 Å². The Morgan fingerprint density at radius 1 is 1.15 bits per heavy atom. The molecule has 1 atom stereocenters. The molecule has 1 amide bonds. The van der Waals surface area contributed by atoms with E-state index in [4.69, 9.17) is 4.42 Å². The number of benzene rings is 2. The van der Waals surface area contributed by atoms with E-state index in [1.807, 2.05) is 26.0 Å². The average molecular weight is 371 g/mol. The Hall–Kier alpha value is -2.67. The van der Waals surface area contributed by atoms with Gasteiger partial charge in [0, 0.05) is 5.56 Å². The number of carbonyl (C=O) groups is 1. The highest BCUT2D eigenvalue weighted by Crippen LogP contribution is 2.28. The monoisotopic (exact) mass is 371 g/mol. The Bertz CT molecular complexity index is 922. The van der Waals surface area contributed by atoms with Crippen molar-refractivity contribution in [2.75, 3.05) is 5.32 Å². The van der Waals surface area contributed by atoms with Gasteiger partial charge in [0.15, 0.2) is 0 Å². The van der Waals surface area contributed by atoms with Crippen molar-refractivity contribution in [3.05, 3.63) is 59.4 Å². The van der Waals surface area contributed by atoms with Crippen LogP contribution in [-0.4, -0.2) is 21.4 Å². The number of nitrogens with zero attached hydrogens (tertiary/aromatic N) is 2. The standard InChI is InChI=1S/C19H18FN3O2S/c1-11-8-12(2)10-14(9-11)18-22-23-19(25-18)26-13(3)17(24)21-16-7-5-4-6-15(16)20/h4-10,13H,1-3H3,(H,21,24)/t13-/m0/s1. The number of para-hydroxylation sites is 1. The molecule has 0 bridgehead atoms. The van der Waals surface area contributed by atoms with Crippen molar-refractivity contribution in [3.63, 3.8) is 0 Å². The molecule has 5 nitrogen and oxygen atoms in total. The molecular formula is C19H18FN3O2S. The van der Waals surface area contributed by atoms with E-state index in [2.05, 4.69) is 21.6 Å². The summed E-state index contributed by atoms with van der Waals surface area (Å²) >= 11 is 1.13. The molecule has 0 radical (unpaired) electrons. The van der Waals surface area contributed by atoms with E-state index in [-0.39, 0.29) is 16.8 Å². The van der Waals surface area contributed by atoms with Crippen molar-refractivity contribution < 1.29 is 13.6 Å². The number of hydrogen-bond acceptors (Lipinski definition) is 5. The second-order valence-electron chi connectivity index (χ2n) is 5.98. The first kappa shape index (κ1) is 18.1. The van der Waals surface area contributed by atoms with Crippen LogP contribution in [0.5, 0.6) is 0 Å². The number of anilines is 1. The average Bonchev–Trinajstić information content (AvgIpc) is 3.04. The van der Waals surface area contributed by atoms with E-state index in [0.29, 0.717) is 5.89 Å². The predicted octanol–water partition coefficient (Wildman–Crippen LogP) is 4.61. The third-order valence-electron chi connectivity index (χ3n) is 3.65. The van der Waals surface area contributed by atoms with Crippen molar-refractivity contribution in [1.29, 1.82) is 0 Å². The first-order valence-corrected chi connectivity index (χ1v) is 8.94. The van der Waals surface area contributed by atoms with Gasteiger partial charge in [0.2, 0.25) is 11.8 Å². The van der Waals surface area contributed by atoms with Gasteiger partial charge in [-0.25, -0.2) is 4.39 Å². The Morgan fingerprint density at radius 3 is 2.54 bits per heavy atom. The predicted molar refractivity (Wildman–Crippen MR) is 99.6 cm³/mol. The van der Waals surface area contributed by atoms with Crippen molar-refractivity contribution >= 4 is 23.4 Å². The lowest BCUT2D eigenvalue weighted by molar-refractivity contribution is -0.115. The highest BCUT2D eigenvalue weighted by Gasteiger charge is 2.20. The summed E-state index contributed by atoms with van der Waals surface area (Å²) in [5.74, 6) is -0.416. The molecule has 0 aliphatic heterocycles. The first-order valence-electron chi connectivity index (χ1n) is 8.06. The number of halogens is 1. The van der Waals surface area contributed by atoms with Gasteiger partial charge in [-0.3, -0.25) is 4.79 Å². The molecule has 0 saturated carbocycles. The van der Waals surface area contributed by atoms with E-state index in [1.165, 1.54) is 12.1 Å². The van der Waals surface area contributed by atoms with Gasteiger partial charge in [-0.2, -0.15) is 0 Å². The number of hydrogen-bond donors (Lipinski definition) is 1. The summed E-state index contributed by atoms with van der Waals surface area (Å²) in [4.78, 5) is 12.2. The molecule has 0 aliphatic carbocycles. The van der Waals surface area contributed by atoms with Crippen LogP contribution >= 0.6 is 11.8 Å². The molecule has 0 saturated heterocycles. The topological polar surface area (TPSA) is 68.0 Å². The van der Waals surface area contributed by atoms with E-state index in [1.54, 1.807) is 19.1 Å². The Kier molecular flexibility index (Phi) is 5.37. The van der Waals surface area contributed by atoms with Gasteiger partial charge in [-0.05, 0) is 45.0 Å². The molecule has 0 fully saturated rings. The molecule has 1 heterocycles. The minimum absolute atomic E-state index is 0.145. The fraction of sp³-hybridized carbons (Fsp3) is 0.211. The molecule has 1 aromatic heterocycles. The zero-order valence-electron chi connectivity index (χ0n) is 14.6. The van der Waals surface area contributed by atoms with Crippen molar-refractivity contribution in [3.8, 4) is 11.5 Å². The quantitative estimate of drug-likeness (QED) is 0.663. The van der Waals surface area contributed by atoms with Crippen molar-refractivity contribution in [2.45, 2.75) is 31.2 Å². The summed E-state index contributed by atoms with van der Waals surface area (Å²) < 4.78 is 19.3. The second-order valence-corrected chi connectivity index (χ2v) is 7.27. The zero-order valence-corrected chi connectivity index (χ0v) is 15.4. The Morgan fingerprint density at radius 2 is 1.85 bits per heavy atom. The molecule has 7 heteroatoms. The third kappa shape index (κ3) is 4.29. The smallest absolute Gasteiger partial charge is 0.277 e. The Labute approximate surface area is 155 Å². The normalized spacial score (nSPS) is 12.0. The lowest BCUT2D eigenvalue weighted by Crippen LogP contribution is -2.22. The van der Waals surface area contributed by atoms with E-state index in [9.17, 15) is 9.18 Å². The molecule has 3 aromatic rings. The molecule has 0 unspecified atom stereocenters. The van der Waals surface area contributed by atoms with Crippen LogP contribution in [0.1, 0.15) is 18.1 Å². The van der Waals surface area contributed by atoms with E-state index >= 15 is 0 Å². The number of amides is 1. The van der Waals surface area contributed by atoms with Crippen LogP contribution in [0.3, 0.4) is 0 Å². The summed E-state index contributed by atoms with van der Waals surface area (Å²) in [5.41, 5.74) is 3.19. The number of aryl methyl sites for hydroxylation is 2. The molecule has 0 aliphatic rings. The summed E-state index contributed by atoms with van der Waals surface area (Å²) in [6, 6.07) is 12.0. The van der Waals surface area contributed by atoms with Gasteiger partial charge < -0.3 is 9.73 Å². The molecule has 1 N–H and O–H groups in total. The molecule has 0 spiro atoms. The number of nitrogens with one attached hydrogen (secondary N) is 1. The number of carbonyl (C=O) groups excluding carboxylic acids is 1. The maximum atomic E-state index is 13.6. The van der Waals surface area contributed by atoms with Crippen LogP contribution < -0.4 is 5.32 Å². The summed E-state index contributed by atoms with van der Waals surface area (Å²) in [7, 11) is 0. The highest BCUT2D eigenvalue weighted by atomic mass is 32.2. The van der Waals surface area contributed by atoms with Gasteiger partial charge in [0.1, 0.15) is 5.82 Å². The van der Waals surface area contributed by atoms with Crippen LogP contribution in [0, 0.1) is 19.7 Å². The van der Waals surface area contributed by atoms with Crippen LogP contribution in [0.4, 0.5) is 10.1 Å². The van der Waals surface area contributed by atoms with E-state index in [0.717, 1.165) is 28.5 Å². The molecule has 2 aromatic carbocycles. The summed E-state index contributed by atoms with van der Waals surface area (Å²) in [5, 5.41) is 10.4. The minimum Gasteiger partial charge on any atom is -0.411 e. The second kappa shape index (κ2) is 7.70. The lowest BCUT2D eigenvalue weighted by Gasteiger charge is -2.10. The SMILES string of the molecule is Cc1cc(C)cc(-c2nnc(S[C@@H](C)C(=O)Nc3ccccc3F)o2)c1. The van der Waals surface area contributed by atoms with Crippen LogP contribution in [0.25, 0.3) is 11.5 Å². The minimum atomic E-state index is -0.526. The molecular weight excluding hydrogens is 353 g/mol. The molecule has 134 valence electrons. The largest absolute Gasteiger partial charge is 0.411 e. The fourth-order valence-corrected chi connectivity index (χ4v) is 3.16. The number of rotatable bonds is 5. The van der Waals surface area contributed by atoms with Crippen LogP contribution in [0.15, 0.2) is 52.1 Å².